The number of nitrogens with one attached hydrogen (secondary N) is 1. The van der Waals surface area contributed by atoms with Gasteiger partial charge in [-0.2, -0.15) is 8.78 Å². The first kappa shape index (κ1) is 17.3. The Morgan fingerprint density at radius 1 is 1.32 bits per heavy atom. The Bertz CT molecular complexity index is 727. The number of carbonyl (C=O) groups excluding carboxylic acids is 1. The van der Waals surface area contributed by atoms with E-state index in [0.29, 0.717) is 6.42 Å². The van der Waals surface area contributed by atoms with Gasteiger partial charge in [0.1, 0.15) is 5.82 Å². The number of aromatic nitrogens is 2. The van der Waals surface area contributed by atoms with Gasteiger partial charge < -0.3 is 5.32 Å². The fourth-order valence-corrected chi connectivity index (χ4v) is 3.16. The lowest BCUT2D eigenvalue weighted by Gasteiger charge is -2.20. The highest BCUT2D eigenvalue weighted by Crippen LogP contribution is 2.23. The van der Waals surface area contributed by atoms with Crippen molar-refractivity contribution in [2.75, 3.05) is 0 Å². The monoisotopic (exact) mass is 345 g/mol. The molecule has 132 valence electrons. The van der Waals surface area contributed by atoms with Crippen molar-refractivity contribution in [1.29, 1.82) is 0 Å². The van der Waals surface area contributed by atoms with Crippen molar-refractivity contribution in [3.8, 4) is 0 Å². The summed E-state index contributed by atoms with van der Waals surface area (Å²) in [5, 5.41) is 2.99. The molecule has 0 unspecified atom stereocenters. The lowest BCUT2D eigenvalue weighted by Crippen LogP contribution is -2.31. The van der Waals surface area contributed by atoms with E-state index in [1.165, 1.54) is 12.4 Å². The molecule has 1 aliphatic rings. The molecule has 1 aromatic heterocycles. The Balaban J connectivity index is 1.74. The van der Waals surface area contributed by atoms with E-state index in [9.17, 15) is 13.6 Å². The van der Waals surface area contributed by atoms with Gasteiger partial charge in [-0.3, -0.25) is 9.36 Å². The first-order valence-electron chi connectivity index (χ1n) is 8.44. The van der Waals surface area contributed by atoms with Crippen molar-refractivity contribution in [2.45, 2.75) is 38.3 Å². The van der Waals surface area contributed by atoms with Crippen LogP contribution < -0.4 is 5.32 Å². The summed E-state index contributed by atoms with van der Waals surface area (Å²) in [6.07, 6.45) is 9.40. The second-order valence-electron chi connectivity index (χ2n) is 6.23. The molecular weight excluding hydrogens is 324 g/mol. The molecule has 3 rings (SSSR count). The van der Waals surface area contributed by atoms with Gasteiger partial charge in [0, 0.05) is 25.2 Å². The smallest absolute Gasteiger partial charge is 0.319 e. The van der Waals surface area contributed by atoms with Gasteiger partial charge in [-0.25, -0.2) is 4.98 Å². The standard InChI is InChI=1S/C19H21F2N3O/c20-19(21)24-11-10-22-17(24)13-16(15-8-2-1-3-9-15)23-18(25)12-14-6-4-5-7-14/h1-4,6,8-11,14,16,19H,5,7,12-13H2,(H,23,25)/t14-,16-/m0/s1. The summed E-state index contributed by atoms with van der Waals surface area (Å²) in [4.78, 5) is 16.4. The van der Waals surface area contributed by atoms with E-state index < -0.39 is 6.55 Å². The number of alkyl halides is 2. The molecule has 1 N–H and O–H groups in total. The van der Waals surface area contributed by atoms with Crippen LogP contribution in [-0.2, 0) is 11.2 Å². The molecule has 1 aliphatic carbocycles. The van der Waals surface area contributed by atoms with Gasteiger partial charge >= 0.3 is 6.55 Å². The number of amides is 1. The molecule has 1 aromatic carbocycles. The van der Waals surface area contributed by atoms with Crippen molar-refractivity contribution in [1.82, 2.24) is 14.9 Å². The van der Waals surface area contributed by atoms with Gasteiger partial charge in [-0.1, -0.05) is 42.5 Å². The Morgan fingerprint density at radius 2 is 2.12 bits per heavy atom. The lowest BCUT2D eigenvalue weighted by atomic mass is 10.0. The molecule has 2 atom stereocenters. The van der Waals surface area contributed by atoms with Crippen LogP contribution in [0, 0.1) is 5.92 Å². The van der Waals surface area contributed by atoms with Crippen molar-refractivity contribution < 1.29 is 13.6 Å². The number of nitrogens with zero attached hydrogens (tertiary/aromatic N) is 2. The minimum absolute atomic E-state index is 0.0689. The second kappa shape index (κ2) is 8.05. The van der Waals surface area contributed by atoms with Crippen LogP contribution in [-0.4, -0.2) is 15.5 Å². The van der Waals surface area contributed by atoms with Crippen LogP contribution >= 0.6 is 0 Å². The summed E-state index contributed by atoms with van der Waals surface area (Å²) in [6, 6.07) is 9.00. The highest BCUT2D eigenvalue weighted by molar-refractivity contribution is 5.77. The normalized spacial score (nSPS) is 17.8. The number of imidazole rings is 1. The molecule has 0 bridgehead atoms. The zero-order chi connectivity index (χ0) is 17.6. The van der Waals surface area contributed by atoms with Gasteiger partial charge in [0.25, 0.3) is 0 Å². The van der Waals surface area contributed by atoms with Gasteiger partial charge in [0.05, 0.1) is 6.04 Å². The molecule has 1 amide bonds. The minimum atomic E-state index is -2.65. The van der Waals surface area contributed by atoms with Crippen LogP contribution in [0.15, 0.2) is 54.9 Å². The predicted octanol–water partition coefficient (Wildman–Crippen LogP) is 4.03. The van der Waals surface area contributed by atoms with E-state index in [1.807, 2.05) is 30.3 Å². The van der Waals surface area contributed by atoms with Crippen LogP contribution in [0.3, 0.4) is 0 Å². The average Bonchev–Trinajstić information content (AvgIpc) is 3.26. The van der Waals surface area contributed by atoms with E-state index >= 15 is 0 Å². The summed E-state index contributed by atoms with van der Waals surface area (Å²) in [5.41, 5.74) is 0.877. The summed E-state index contributed by atoms with van der Waals surface area (Å²) in [6.45, 7) is -2.65. The van der Waals surface area contributed by atoms with Gasteiger partial charge in [-0.15, -0.1) is 0 Å². The number of allylic oxidation sites excluding steroid dienone is 2. The second-order valence-corrected chi connectivity index (χ2v) is 6.23. The molecule has 0 aliphatic heterocycles. The van der Waals surface area contributed by atoms with E-state index in [0.717, 1.165) is 23.0 Å². The number of hydrogen-bond donors (Lipinski definition) is 1. The number of rotatable bonds is 7. The molecule has 1 heterocycles. The minimum Gasteiger partial charge on any atom is -0.349 e. The Hall–Kier alpha value is -2.50. The van der Waals surface area contributed by atoms with Crippen LogP contribution in [0.4, 0.5) is 8.78 Å². The highest BCUT2D eigenvalue weighted by Gasteiger charge is 2.21. The van der Waals surface area contributed by atoms with E-state index in [4.69, 9.17) is 0 Å². The molecule has 0 fully saturated rings. The van der Waals surface area contributed by atoms with Crippen molar-refractivity contribution >= 4 is 5.91 Å². The number of hydrogen-bond acceptors (Lipinski definition) is 2. The van der Waals surface area contributed by atoms with Gasteiger partial charge in [0.15, 0.2) is 0 Å². The largest absolute Gasteiger partial charge is 0.349 e. The number of halogens is 2. The Morgan fingerprint density at radius 3 is 2.80 bits per heavy atom. The van der Waals surface area contributed by atoms with E-state index in [2.05, 4.69) is 22.5 Å². The number of carbonyl (C=O) groups is 1. The Kier molecular flexibility index (Phi) is 5.58. The lowest BCUT2D eigenvalue weighted by molar-refractivity contribution is -0.122. The van der Waals surface area contributed by atoms with Crippen molar-refractivity contribution in [3.63, 3.8) is 0 Å². The molecule has 0 spiro atoms. The van der Waals surface area contributed by atoms with Gasteiger partial charge in [-0.05, 0) is 24.3 Å². The predicted molar refractivity (Wildman–Crippen MR) is 91.0 cm³/mol. The van der Waals surface area contributed by atoms with E-state index in [1.54, 1.807) is 0 Å². The highest BCUT2D eigenvalue weighted by atomic mass is 19.3. The average molecular weight is 345 g/mol. The zero-order valence-corrected chi connectivity index (χ0v) is 13.8. The third-order valence-electron chi connectivity index (χ3n) is 4.44. The van der Waals surface area contributed by atoms with E-state index in [-0.39, 0.29) is 30.1 Å². The fourth-order valence-electron chi connectivity index (χ4n) is 3.16. The summed E-state index contributed by atoms with van der Waals surface area (Å²) in [7, 11) is 0. The van der Waals surface area contributed by atoms with Crippen LogP contribution in [0.2, 0.25) is 0 Å². The first-order chi connectivity index (χ1) is 12.1. The SMILES string of the molecule is O=C(C[C@H]1C=CCC1)N[C@@H](Cc1nccn1C(F)F)c1ccccc1. The molecule has 2 aromatic rings. The number of benzene rings is 1. The summed E-state index contributed by atoms with van der Waals surface area (Å²) < 4.78 is 27.0. The maximum atomic E-state index is 13.1. The quantitative estimate of drug-likeness (QED) is 0.770. The van der Waals surface area contributed by atoms with Crippen molar-refractivity contribution in [3.05, 3.63) is 66.3 Å². The first-order valence-corrected chi connectivity index (χ1v) is 8.44. The van der Waals surface area contributed by atoms with Crippen molar-refractivity contribution in [2.24, 2.45) is 5.92 Å². The topological polar surface area (TPSA) is 46.9 Å². The van der Waals surface area contributed by atoms with Gasteiger partial charge in [0.2, 0.25) is 5.91 Å². The molecule has 4 nitrogen and oxygen atoms in total. The third-order valence-corrected chi connectivity index (χ3v) is 4.44. The molecule has 25 heavy (non-hydrogen) atoms. The summed E-state index contributed by atoms with van der Waals surface area (Å²) >= 11 is 0. The maximum Gasteiger partial charge on any atom is 0.319 e. The third kappa shape index (κ3) is 4.53. The molecule has 6 heteroatoms. The Labute approximate surface area is 145 Å². The fraction of sp³-hybridized carbons (Fsp3) is 0.368. The van der Waals surface area contributed by atoms with Crippen LogP contribution in [0.5, 0.6) is 0 Å². The summed E-state index contributed by atoms with van der Waals surface area (Å²) in [5.74, 6) is 0.449. The molecule has 0 saturated carbocycles. The van der Waals surface area contributed by atoms with Crippen LogP contribution in [0.1, 0.15) is 43.2 Å². The molecule has 0 radical (unpaired) electrons. The zero-order valence-electron chi connectivity index (χ0n) is 13.8. The van der Waals surface area contributed by atoms with Crippen LogP contribution in [0.25, 0.3) is 0 Å². The maximum absolute atomic E-state index is 13.1. The molecule has 0 saturated heterocycles. The molecular formula is C19H21F2N3O.